The summed E-state index contributed by atoms with van der Waals surface area (Å²) >= 11 is 1.03. The number of rotatable bonds is 3. The van der Waals surface area contributed by atoms with Crippen LogP contribution in [-0.2, 0) is 4.79 Å². The van der Waals surface area contributed by atoms with E-state index < -0.39 is 0 Å². The molecular formula is C15H16N2O4S. The molecule has 3 rings (SSSR count). The van der Waals surface area contributed by atoms with Crippen molar-refractivity contribution < 1.29 is 19.1 Å². The summed E-state index contributed by atoms with van der Waals surface area (Å²) in [6, 6.07) is 6.72. The number of hydrogen-bond donors (Lipinski definition) is 0. The lowest BCUT2D eigenvalue weighted by Gasteiger charge is -2.22. The van der Waals surface area contributed by atoms with Crippen LogP contribution in [-0.4, -0.2) is 58.8 Å². The minimum atomic E-state index is -0.200. The van der Waals surface area contributed by atoms with Gasteiger partial charge >= 0.3 is 0 Å². The fourth-order valence-electron chi connectivity index (χ4n) is 2.77. The van der Waals surface area contributed by atoms with Gasteiger partial charge < -0.3 is 9.64 Å². The van der Waals surface area contributed by atoms with E-state index in [2.05, 4.69) is 0 Å². The van der Waals surface area contributed by atoms with Gasteiger partial charge in [-0.15, -0.1) is 0 Å². The van der Waals surface area contributed by atoms with Gasteiger partial charge in [0.05, 0.1) is 18.9 Å². The van der Waals surface area contributed by atoms with E-state index in [9.17, 15) is 14.4 Å². The Morgan fingerprint density at radius 2 is 2.00 bits per heavy atom. The Kier molecular flexibility index (Phi) is 4.06. The number of benzene rings is 1. The lowest BCUT2D eigenvalue weighted by Crippen LogP contribution is -2.41. The first-order valence-corrected chi connectivity index (χ1v) is 8.01. The van der Waals surface area contributed by atoms with Crippen LogP contribution in [0.1, 0.15) is 16.8 Å². The Hall–Kier alpha value is -2.02. The van der Waals surface area contributed by atoms with Gasteiger partial charge in [0.2, 0.25) is 5.91 Å². The van der Waals surface area contributed by atoms with Crippen LogP contribution in [0.25, 0.3) is 0 Å². The van der Waals surface area contributed by atoms with Gasteiger partial charge in [-0.05, 0) is 30.7 Å². The van der Waals surface area contributed by atoms with E-state index in [4.69, 9.17) is 4.74 Å². The molecule has 1 atom stereocenters. The van der Waals surface area contributed by atoms with E-state index in [1.165, 1.54) is 4.90 Å². The van der Waals surface area contributed by atoms with Gasteiger partial charge in [-0.2, -0.15) is 0 Å². The number of carbonyl (C=O) groups excluding carboxylic acids is 3. The average Bonchev–Trinajstić information content (AvgIpc) is 3.13. The van der Waals surface area contributed by atoms with E-state index in [0.717, 1.165) is 11.8 Å². The molecule has 0 saturated carbocycles. The fraction of sp³-hybridized carbons (Fsp3) is 0.400. The molecule has 0 aliphatic carbocycles. The molecule has 6 nitrogen and oxygen atoms in total. The highest BCUT2D eigenvalue weighted by atomic mass is 32.2. The molecule has 116 valence electrons. The van der Waals surface area contributed by atoms with E-state index in [1.54, 1.807) is 36.3 Å². The summed E-state index contributed by atoms with van der Waals surface area (Å²) in [7, 11) is 1.57. The first-order valence-electron chi connectivity index (χ1n) is 7.02. The molecule has 1 aromatic rings. The van der Waals surface area contributed by atoms with Crippen molar-refractivity contribution >= 4 is 28.8 Å². The van der Waals surface area contributed by atoms with Crippen molar-refractivity contribution in [3.63, 3.8) is 0 Å². The van der Waals surface area contributed by atoms with Gasteiger partial charge in [0.25, 0.3) is 11.1 Å². The van der Waals surface area contributed by atoms with Gasteiger partial charge in [0.15, 0.2) is 0 Å². The van der Waals surface area contributed by atoms with Crippen molar-refractivity contribution in [2.24, 2.45) is 0 Å². The minimum absolute atomic E-state index is 0.0862. The highest BCUT2D eigenvalue weighted by molar-refractivity contribution is 8.14. The maximum atomic E-state index is 12.5. The lowest BCUT2D eigenvalue weighted by atomic mass is 10.2. The third-order valence-electron chi connectivity index (χ3n) is 3.94. The highest BCUT2D eigenvalue weighted by Crippen LogP contribution is 2.27. The molecule has 0 radical (unpaired) electrons. The summed E-state index contributed by atoms with van der Waals surface area (Å²) < 4.78 is 5.07. The van der Waals surface area contributed by atoms with Crippen molar-refractivity contribution in [2.45, 2.75) is 12.5 Å². The SMILES string of the molecule is COc1ccc(C(=O)N2CCC(N3C(=O)CSC3=O)C2)cc1. The number of thioether (sulfide) groups is 1. The largest absolute Gasteiger partial charge is 0.497 e. The maximum absolute atomic E-state index is 12.5. The predicted octanol–water partition coefficient (Wildman–Crippen LogP) is 1.61. The van der Waals surface area contributed by atoms with Crippen molar-refractivity contribution in [1.29, 1.82) is 0 Å². The zero-order valence-corrected chi connectivity index (χ0v) is 13.0. The molecule has 0 bridgehead atoms. The quantitative estimate of drug-likeness (QED) is 0.846. The molecule has 2 heterocycles. The Labute approximate surface area is 132 Å². The molecule has 2 aliphatic rings. The number of nitrogens with zero attached hydrogens (tertiary/aromatic N) is 2. The number of ether oxygens (including phenoxy) is 1. The molecular weight excluding hydrogens is 304 g/mol. The molecule has 0 aromatic heterocycles. The van der Waals surface area contributed by atoms with Gasteiger partial charge in [-0.25, -0.2) is 0 Å². The maximum Gasteiger partial charge on any atom is 0.289 e. The summed E-state index contributed by atoms with van der Waals surface area (Å²) in [4.78, 5) is 39.0. The Morgan fingerprint density at radius 3 is 2.59 bits per heavy atom. The van der Waals surface area contributed by atoms with Gasteiger partial charge in [0, 0.05) is 18.7 Å². The molecule has 1 unspecified atom stereocenters. The second-order valence-corrected chi connectivity index (χ2v) is 6.17. The summed E-state index contributed by atoms with van der Waals surface area (Å²) in [5.41, 5.74) is 0.579. The highest BCUT2D eigenvalue weighted by Gasteiger charge is 2.40. The van der Waals surface area contributed by atoms with E-state index >= 15 is 0 Å². The van der Waals surface area contributed by atoms with Crippen LogP contribution in [0.2, 0.25) is 0 Å². The van der Waals surface area contributed by atoms with Gasteiger partial charge in [0.1, 0.15) is 5.75 Å². The van der Waals surface area contributed by atoms with Crippen molar-refractivity contribution in [3.8, 4) is 5.75 Å². The Balaban J connectivity index is 1.67. The van der Waals surface area contributed by atoms with Crippen LogP contribution in [0.15, 0.2) is 24.3 Å². The monoisotopic (exact) mass is 320 g/mol. The van der Waals surface area contributed by atoms with Crippen molar-refractivity contribution in [1.82, 2.24) is 9.80 Å². The standard InChI is InChI=1S/C15H16N2O4S/c1-21-12-4-2-10(3-5-12)14(19)16-7-6-11(8-16)17-13(18)9-22-15(17)20/h2-5,11H,6-9H2,1H3. The van der Waals surface area contributed by atoms with Crippen LogP contribution in [0.5, 0.6) is 5.75 Å². The summed E-state index contributed by atoms with van der Waals surface area (Å²) in [6.07, 6.45) is 0.639. The molecule has 0 N–H and O–H groups in total. The number of carbonyl (C=O) groups is 3. The molecule has 3 amide bonds. The number of methoxy groups -OCH3 is 1. The van der Waals surface area contributed by atoms with E-state index in [1.807, 2.05) is 0 Å². The summed E-state index contributed by atoms with van der Waals surface area (Å²) in [6.45, 7) is 0.958. The first kappa shape index (κ1) is 14.9. The first-order chi connectivity index (χ1) is 10.6. The molecule has 0 spiro atoms. The lowest BCUT2D eigenvalue weighted by molar-refractivity contribution is -0.126. The van der Waals surface area contributed by atoms with E-state index in [0.29, 0.717) is 30.8 Å². The third kappa shape index (κ3) is 2.68. The smallest absolute Gasteiger partial charge is 0.289 e. The average molecular weight is 320 g/mol. The number of imide groups is 1. The zero-order valence-electron chi connectivity index (χ0n) is 12.2. The minimum Gasteiger partial charge on any atom is -0.497 e. The van der Waals surface area contributed by atoms with Gasteiger partial charge in [-0.3, -0.25) is 19.3 Å². The Morgan fingerprint density at radius 1 is 1.27 bits per heavy atom. The van der Waals surface area contributed by atoms with Crippen LogP contribution >= 0.6 is 11.8 Å². The van der Waals surface area contributed by atoms with Crippen LogP contribution < -0.4 is 4.74 Å². The topological polar surface area (TPSA) is 66.9 Å². The van der Waals surface area contributed by atoms with Crippen molar-refractivity contribution in [2.75, 3.05) is 26.0 Å². The summed E-state index contributed by atoms with van der Waals surface area (Å²) in [5.74, 6) is 0.665. The molecule has 7 heteroatoms. The van der Waals surface area contributed by atoms with E-state index in [-0.39, 0.29) is 28.8 Å². The molecule has 22 heavy (non-hydrogen) atoms. The zero-order chi connectivity index (χ0) is 15.7. The van der Waals surface area contributed by atoms with Crippen molar-refractivity contribution in [3.05, 3.63) is 29.8 Å². The Bertz CT molecular complexity index is 600. The van der Waals surface area contributed by atoms with Crippen LogP contribution in [0.3, 0.4) is 0 Å². The fourth-order valence-corrected chi connectivity index (χ4v) is 3.55. The number of hydrogen-bond acceptors (Lipinski definition) is 5. The third-order valence-corrected chi connectivity index (χ3v) is 4.77. The molecule has 2 aliphatic heterocycles. The number of amides is 3. The molecule has 2 fully saturated rings. The molecule has 1 aromatic carbocycles. The predicted molar refractivity (Wildman–Crippen MR) is 82.0 cm³/mol. The normalized spacial score (nSPS) is 21.6. The summed E-state index contributed by atoms with van der Waals surface area (Å²) in [5, 5.41) is -0.200. The van der Waals surface area contributed by atoms with Gasteiger partial charge in [-0.1, -0.05) is 11.8 Å². The second-order valence-electron chi connectivity index (χ2n) is 5.24. The number of likely N-dealkylation sites (tertiary alicyclic amines) is 1. The second kappa shape index (κ2) is 6.00. The molecule has 2 saturated heterocycles. The van der Waals surface area contributed by atoms with Crippen LogP contribution in [0, 0.1) is 0 Å². The van der Waals surface area contributed by atoms with Crippen LogP contribution in [0.4, 0.5) is 4.79 Å².